The summed E-state index contributed by atoms with van der Waals surface area (Å²) in [7, 11) is 0. The van der Waals surface area contributed by atoms with Crippen LogP contribution in [0.25, 0.3) is 0 Å². The number of phenols is 1. The van der Waals surface area contributed by atoms with Gasteiger partial charge in [0, 0.05) is 44.2 Å². The van der Waals surface area contributed by atoms with E-state index < -0.39 is 0 Å². The Morgan fingerprint density at radius 3 is 2.70 bits per heavy atom. The fraction of sp³-hybridized carbons (Fsp3) is 0.391. The van der Waals surface area contributed by atoms with E-state index in [4.69, 9.17) is 4.99 Å². The zero-order valence-corrected chi connectivity index (χ0v) is 19.7. The standard InChI is InChI=1S/C23H30N4O2.HI/c1-2-24-23(27-15-12-20(17-27)18-8-4-3-5-9-18)26-14-7-13-25-22(29)19-10-6-11-21(28)16-19;/h3-6,8-11,16,20,28H,2,7,12-15,17H2,1H3,(H,24,26)(H,25,29);1H. The minimum atomic E-state index is -0.179. The maximum absolute atomic E-state index is 12.1. The third-order valence-electron chi connectivity index (χ3n) is 5.08. The maximum atomic E-state index is 12.1. The summed E-state index contributed by atoms with van der Waals surface area (Å²) in [6.45, 7) is 6.08. The molecule has 0 saturated carbocycles. The van der Waals surface area contributed by atoms with E-state index in [1.54, 1.807) is 18.2 Å². The van der Waals surface area contributed by atoms with Gasteiger partial charge < -0.3 is 20.6 Å². The molecule has 0 aliphatic carbocycles. The van der Waals surface area contributed by atoms with Gasteiger partial charge in [-0.05, 0) is 43.5 Å². The number of benzene rings is 2. The first kappa shape index (κ1) is 24.0. The summed E-state index contributed by atoms with van der Waals surface area (Å²) in [6.07, 6.45) is 1.89. The van der Waals surface area contributed by atoms with Crippen LogP contribution in [-0.2, 0) is 0 Å². The Hall–Kier alpha value is -2.29. The molecule has 3 N–H and O–H groups in total. The number of likely N-dealkylation sites (tertiary alicyclic amines) is 1. The Labute approximate surface area is 195 Å². The first-order valence-electron chi connectivity index (χ1n) is 10.3. The summed E-state index contributed by atoms with van der Waals surface area (Å²) in [5.74, 6) is 1.41. The van der Waals surface area contributed by atoms with Gasteiger partial charge in [0.2, 0.25) is 0 Å². The molecule has 2 aromatic rings. The normalized spacial score (nSPS) is 16.1. The molecule has 0 radical (unpaired) electrons. The number of hydrogen-bond donors (Lipinski definition) is 3. The number of guanidine groups is 1. The second-order valence-electron chi connectivity index (χ2n) is 7.24. The first-order chi connectivity index (χ1) is 14.2. The highest BCUT2D eigenvalue weighted by Crippen LogP contribution is 2.26. The Bertz CT molecular complexity index is 829. The number of carbonyl (C=O) groups is 1. The Morgan fingerprint density at radius 1 is 1.17 bits per heavy atom. The van der Waals surface area contributed by atoms with Crippen LogP contribution in [0.1, 0.15) is 41.6 Å². The van der Waals surface area contributed by atoms with Crippen molar-refractivity contribution in [2.75, 3.05) is 32.7 Å². The average Bonchev–Trinajstić information content (AvgIpc) is 3.23. The molecular formula is C23H31IN4O2. The van der Waals surface area contributed by atoms with Crippen molar-refractivity contribution in [3.05, 3.63) is 65.7 Å². The van der Waals surface area contributed by atoms with Crippen LogP contribution in [0.5, 0.6) is 5.75 Å². The van der Waals surface area contributed by atoms with Crippen LogP contribution in [0.3, 0.4) is 0 Å². The number of amides is 1. The van der Waals surface area contributed by atoms with Gasteiger partial charge in [0.15, 0.2) is 5.96 Å². The third kappa shape index (κ3) is 6.90. The fourth-order valence-corrected chi connectivity index (χ4v) is 3.59. The van der Waals surface area contributed by atoms with Crippen molar-refractivity contribution in [2.45, 2.75) is 25.7 Å². The first-order valence-corrected chi connectivity index (χ1v) is 10.3. The van der Waals surface area contributed by atoms with E-state index in [2.05, 4.69) is 52.8 Å². The minimum absolute atomic E-state index is 0. The number of halogens is 1. The van der Waals surface area contributed by atoms with Crippen LogP contribution >= 0.6 is 24.0 Å². The zero-order chi connectivity index (χ0) is 20.5. The van der Waals surface area contributed by atoms with Gasteiger partial charge in [0.1, 0.15) is 5.75 Å². The predicted octanol–water partition coefficient (Wildman–Crippen LogP) is 3.59. The predicted molar refractivity (Wildman–Crippen MR) is 132 cm³/mol. The zero-order valence-electron chi connectivity index (χ0n) is 17.4. The second kappa shape index (κ2) is 12.4. The number of aliphatic imine (C=N–C) groups is 1. The lowest BCUT2D eigenvalue weighted by atomic mass is 9.99. The van der Waals surface area contributed by atoms with Crippen molar-refractivity contribution in [3.63, 3.8) is 0 Å². The number of rotatable bonds is 7. The van der Waals surface area contributed by atoms with Gasteiger partial charge in [-0.15, -0.1) is 24.0 Å². The summed E-state index contributed by atoms with van der Waals surface area (Å²) in [4.78, 5) is 19.2. The highest BCUT2D eigenvalue weighted by Gasteiger charge is 2.25. The highest BCUT2D eigenvalue weighted by atomic mass is 127. The number of hydrogen-bond acceptors (Lipinski definition) is 3. The van der Waals surface area contributed by atoms with Crippen LogP contribution in [0.2, 0.25) is 0 Å². The maximum Gasteiger partial charge on any atom is 0.251 e. The molecule has 1 amide bonds. The molecule has 1 saturated heterocycles. The summed E-state index contributed by atoms with van der Waals surface area (Å²) in [5, 5.41) is 15.7. The molecule has 1 unspecified atom stereocenters. The van der Waals surface area contributed by atoms with Gasteiger partial charge >= 0.3 is 0 Å². The molecule has 1 aliphatic rings. The van der Waals surface area contributed by atoms with E-state index in [1.807, 2.05) is 0 Å². The number of aromatic hydroxyl groups is 1. The van der Waals surface area contributed by atoms with Gasteiger partial charge in [0.05, 0.1) is 0 Å². The molecule has 2 aromatic carbocycles. The molecule has 0 spiro atoms. The van der Waals surface area contributed by atoms with E-state index in [0.29, 0.717) is 24.6 Å². The van der Waals surface area contributed by atoms with Crippen molar-refractivity contribution >= 4 is 35.8 Å². The summed E-state index contributed by atoms with van der Waals surface area (Å²) in [6, 6.07) is 17.0. The van der Waals surface area contributed by atoms with Crippen LogP contribution in [0, 0.1) is 0 Å². The van der Waals surface area contributed by atoms with Crippen molar-refractivity contribution in [3.8, 4) is 5.75 Å². The van der Waals surface area contributed by atoms with Gasteiger partial charge in [-0.2, -0.15) is 0 Å². The third-order valence-corrected chi connectivity index (χ3v) is 5.08. The number of phenolic OH excluding ortho intramolecular Hbond substituents is 1. The van der Waals surface area contributed by atoms with Gasteiger partial charge in [-0.25, -0.2) is 0 Å². The van der Waals surface area contributed by atoms with Gasteiger partial charge in [-0.3, -0.25) is 9.79 Å². The second-order valence-corrected chi connectivity index (χ2v) is 7.24. The Morgan fingerprint density at radius 2 is 1.97 bits per heavy atom. The SMILES string of the molecule is CCNC(=NCCCNC(=O)c1cccc(O)c1)N1CCC(c2ccccc2)C1.I. The van der Waals surface area contributed by atoms with E-state index >= 15 is 0 Å². The quantitative estimate of drug-likeness (QED) is 0.225. The highest BCUT2D eigenvalue weighted by molar-refractivity contribution is 14.0. The Kier molecular flexibility index (Phi) is 9.93. The van der Waals surface area contributed by atoms with Crippen molar-refractivity contribution in [1.82, 2.24) is 15.5 Å². The van der Waals surface area contributed by atoms with Crippen LogP contribution < -0.4 is 10.6 Å². The molecule has 162 valence electrons. The monoisotopic (exact) mass is 522 g/mol. The summed E-state index contributed by atoms with van der Waals surface area (Å²) >= 11 is 0. The molecule has 1 atom stereocenters. The van der Waals surface area contributed by atoms with E-state index in [0.717, 1.165) is 38.4 Å². The number of nitrogens with zero attached hydrogens (tertiary/aromatic N) is 2. The molecule has 30 heavy (non-hydrogen) atoms. The topological polar surface area (TPSA) is 77.0 Å². The van der Waals surface area contributed by atoms with Crippen molar-refractivity contribution in [2.24, 2.45) is 4.99 Å². The van der Waals surface area contributed by atoms with Crippen LogP contribution in [0.15, 0.2) is 59.6 Å². The lowest BCUT2D eigenvalue weighted by Gasteiger charge is -2.21. The molecular weight excluding hydrogens is 491 g/mol. The molecule has 1 heterocycles. The largest absolute Gasteiger partial charge is 0.508 e. The average molecular weight is 522 g/mol. The van der Waals surface area contributed by atoms with Gasteiger partial charge in [0.25, 0.3) is 5.91 Å². The molecule has 0 bridgehead atoms. The number of nitrogens with one attached hydrogen (secondary N) is 2. The van der Waals surface area contributed by atoms with E-state index in [-0.39, 0.29) is 35.6 Å². The molecule has 3 rings (SSSR count). The minimum Gasteiger partial charge on any atom is -0.508 e. The smallest absolute Gasteiger partial charge is 0.251 e. The number of carbonyl (C=O) groups excluding carboxylic acids is 1. The van der Waals surface area contributed by atoms with Crippen molar-refractivity contribution < 1.29 is 9.90 Å². The van der Waals surface area contributed by atoms with Crippen LogP contribution in [0.4, 0.5) is 0 Å². The molecule has 7 heteroatoms. The van der Waals surface area contributed by atoms with E-state index in [1.165, 1.54) is 11.6 Å². The fourth-order valence-electron chi connectivity index (χ4n) is 3.59. The van der Waals surface area contributed by atoms with Crippen molar-refractivity contribution in [1.29, 1.82) is 0 Å². The Balaban J connectivity index is 0.00000320. The molecule has 1 aliphatic heterocycles. The lowest BCUT2D eigenvalue weighted by molar-refractivity contribution is 0.0953. The lowest BCUT2D eigenvalue weighted by Crippen LogP contribution is -2.40. The molecule has 0 aromatic heterocycles. The van der Waals surface area contributed by atoms with Gasteiger partial charge in [-0.1, -0.05) is 36.4 Å². The molecule has 1 fully saturated rings. The van der Waals surface area contributed by atoms with E-state index in [9.17, 15) is 9.90 Å². The summed E-state index contributed by atoms with van der Waals surface area (Å²) < 4.78 is 0. The molecule has 6 nitrogen and oxygen atoms in total. The summed E-state index contributed by atoms with van der Waals surface area (Å²) in [5.41, 5.74) is 1.85. The van der Waals surface area contributed by atoms with Crippen LogP contribution in [-0.4, -0.2) is 54.6 Å².